The molecule has 1 fully saturated rings. The molecule has 1 aromatic rings. The van der Waals surface area contributed by atoms with Gasteiger partial charge in [0.25, 0.3) is 5.91 Å². The van der Waals surface area contributed by atoms with Gasteiger partial charge in [-0.05, 0) is 43.1 Å². The third kappa shape index (κ3) is 2.32. The lowest BCUT2D eigenvalue weighted by molar-refractivity contribution is 0.0946. The summed E-state index contributed by atoms with van der Waals surface area (Å²) in [6, 6.07) is 1.65. The second-order valence-electron chi connectivity index (χ2n) is 5.32. The van der Waals surface area contributed by atoms with Crippen molar-refractivity contribution in [1.29, 1.82) is 0 Å². The molecular weight excluding hydrogens is 248 g/mol. The minimum absolute atomic E-state index is 0.0689. The van der Waals surface area contributed by atoms with Crippen LogP contribution in [0, 0.1) is 17.8 Å². The zero-order chi connectivity index (χ0) is 12.5. The van der Waals surface area contributed by atoms with Gasteiger partial charge < -0.3 is 10.3 Å². The summed E-state index contributed by atoms with van der Waals surface area (Å²) in [7, 11) is 0. The molecule has 0 spiro atoms. The van der Waals surface area contributed by atoms with Crippen LogP contribution in [0.15, 0.2) is 24.4 Å². The number of aromatic amines is 1. The first kappa shape index (κ1) is 11.8. The maximum absolute atomic E-state index is 11.8. The fraction of sp³-hybridized carbons (Fsp3) is 0.500. The third-order valence-corrected chi connectivity index (χ3v) is 4.33. The topological polar surface area (TPSA) is 44.9 Å². The Kier molecular flexibility index (Phi) is 3.16. The van der Waals surface area contributed by atoms with Gasteiger partial charge in [0.05, 0.1) is 5.02 Å². The average molecular weight is 265 g/mol. The van der Waals surface area contributed by atoms with E-state index in [9.17, 15) is 4.79 Å². The van der Waals surface area contributed by atoms with E-state index in [1.165, 1.54) is 12.8 Å². The van der Waals surface area contributed by atoms with Crippen LogP contribution >= 0.6 is 11.6 Å². The number of nitrogens with one attached hydrogen (secondary N) is 2. The van der Waals surface area contributed by atoms with Gasteiger partial charge in [0.15, 0.2) is 0 Å². The highest BCUT2D eigenvalue weighted by Crippen LogP contribution is 2.44. The summed E-state index contributed by atoms with van der Waals surface area (Å²) in [6.45, 7) is 0.747. The number of halogens is 1. The zero-order valence-corrected chi connectivity index (χ0v) is 10.9. The molecule has 3 nitrogen and oxygen atoms in total. The van der Waals surface area contributed by atoms with Gasteiger partial charge >= 0.3 is 0 Å². The van der Waals surface area contributed by atoms with Crippen LogP contribution in [0.1, 0.15) is 29.8 Å². The molecular formula is C14H17ClN2O. The van der Waals surface area contributed by atoms with Crippen LogP contribution in [0.4, 0.5) is 0 Å². The number of rotatable bonds is 4. The minimum atomic E-state index is -0.0689. The largest absolute Gasteiger partial charge is 0.356 e. The molecule has 2 N–H and O–H groups in total. The SMILES string of the molecule is O=C(NCC[C@@H]1C[C@@H]2C=C[C@H]1C2)c1cc(Cl)c[nH]1. The molecule has 3 atom stereocenters. The van der Waals surface area contributed by atoms with Crippen molar-refractivity contribution in [2.45, 2.75) is 19.3 Å². The molecule has 2 aliphatic carbocycles. The Morgan fingerprint density at radius 3 is 2.94 bits per heavy atom. The smallest absolute Gasteiger partial charge is 0.267 e. The summed E-state index contributed by atoms with van der Waals surface area (Å²) in [4.78, 5) is 14.6. The first-order valence-electron chi connectivity index (χ1n) is 6.53. The number of hydrogen-bond acceptors (Lipinski definition) is 1. The molecule has 0 radical (unpaired) electrons. The van der Waals surface area contributed by atoms with Crippen LogP contribution in [0.25, 0.3) is 0 Å². The second-order valence-corrected chi connectivity index (χ2v) is 5.75. The summed E-state index contributed by atoms with van der Waals surface area (Å²) in [6.07, 6.45) is 10.0. The number of fused-ring (bicyclic) bond motifs is 2. The number of hydrogen-bond donors (Lipinski definition) is 2. The molecule has 1 saturated carbocycles. The van der Waals surface area contributed by atoms with Gasteiger partial charge in [0.2, 0.25) is 0 Å². The Morgan fingerprint density at radius 1 is 1.44 bits per heavy atom. The zero-order valence-electron chi connectivity index (χ0n) is 10.2. The van der Waals surface area contributed by atoms with E-state index in [2.05, 4.69) is 22.5 Å². The van der Waals surface area contributed by atoms with Gasteiger partial charge in [-0.1, -0.05) is 23.8 Å². The first-order chi connectivity index (χ1) is 8.72. The molecule has 0 unspecified atom stereocenters. The molecule has 1 heterocycles. The quantitative estimate of drug-likeness (QED) is 0.807. The molecule has 0 saturated heterocycles. The monoisotopic (exact) mass is 264 g/mol. The maximum Gasteiger partial charge on any atom is 0.267 e. The van der Waals surface area contributed by atoms with E-state index in [-0.39, 0.29) is 5.91 Å². The van der Waals surface area contributed by atoms with Crippen LogP contribution in [-0.2, 0) is 0 Å². The predicted molar refractivity (Wildman–Crippen MR) is 71.6 cm³/mol. The molecule has 0 aromatic carbocycles. The van der Waals surface area contributed by atoms with Crippen molar-refractivity contribution in [2.75, 3.05) is 6.54 Å². The van der Waals surface area contributed by atoms with Crippen LogP contribution < -0.4 is 5.32 Å². The normalized spacial score (nSPS) is 28.8. The van der Waals surface area contributed by atoms with Crippen molar-refractivity contribution in [2.24, 2.45) is 17.8 Å². The first-order valence-corrected chi connectivity index (χ1v) is 6.90. The highest BCUT2D eigenvalue weighted by Gasteiger charge is 2.34. The molecule has 4 heteroatoms. The van der Waals surface area contributed by atoms with Crippen LogP contribution in [0.3, 0.4) is 0 Å². The molecule has 0 aliphatic heterocycles. The van der Waals surface area contributed by atoms with E-state index in [1.807, 2.05) is 0 Å². The van der Waals surface area contributed by atoms with Crippen molar-refractivity contribution in [3.8, 4) is 0 Å². The van der Waals surface area contributed by atoms with Crippen molar-refractivity contribution < 1.29 is 4.79 Å². The Hall–Kier alpha value is -1.22. The lowest BCUT2D eigenvalue weighted by atomic mass is 9.91. The summed E-state index contributed by atoms with van der Waals surface area (Å²) in [5, 5.41) is 3.51. The Labute approximate surface area is 112 Å². The van der Waals surface area contributed by atoms with Crippen LogP contribution in [0.2, 0.25) is 5.02 Å². The number of amides is 1. The summed E-state index contributed by atoms with van der Waals surface area (Å²) in [5.74, 6) is 2.25. The fourth-order valence-electron chi connectivity index (χ4n) is 3.19. The summed E-state index contributed by atoms with van der Waals surface area (Å²) >= 11 is 5.77. The van der Waals surface area contributed by atoms with E-state index in [1.54, 1.807) is 12.3 Å². The molecule has 18 heavy (non-hydrogen) atoms. The second kappa shape index (κ2) is 4.81. The van der Waals surface area contributed by atoms with Gasteiger partial charge in [-0.2, -0.15) is 0 Å². The van der Waals surface area contributed by atoms with Gasteiger partial charge in [-0.15, -0.1) is 0 Å². The lowest BCUT2D eigenvalue weighted by Crippen LogP contribution is -2.26. The standard InChI is InChI=1S/C14H17ClN2O/c15-12-7-13(17-8-12)14(18)16-4-3-11-6-9-1-2-10(11)5-9/h1-2,7-11,17H,3-6H2,(H,16,18)/t9-,10+,11-/m1/s1. The summed E-state index contributed by atoms with van der Waals surface area (Å²) < 4.78 is 0. The number of H-pyrrole nitrogens is 1. The van der Waals surface area contributed by atoms with Crippen molar-refractivity contribution in [3.63, 3.8) is 0 Å². The number of carbonyl (C=O) groups excluding carboxylic acids is 1. The molecule has 2 aliphatic rings. The molecule has 1 aromatic heterocycles. The summed E-state index contributed by atoms with van der Waals surface area (Å²) in [5.41, 5.74) is 0.535. The van der Waals surface area contributed by atoms with Gasteiger partial charge in [-0.25, -0.2) is 0 Å². The highest BCUT2D eigenvalue weighted by molar-refractivity contribution is 6.30. The molecule has 1 amide bonds. The number of carbonyl (C=O) groups is 1. The molecule has 2 bridgehead atoms. The Bertz CT molecular complexity index is 480. The third-order valence-electron chi connectivity index (χ3n) is 4.11. The number of aromatic nitrogens is 1. The van der Waals surface area contributed by atoms with Crippen molar-refractivity contribution in [3.05, 3.63) is 35.1 Å². The van der Waals surface area contributed by atoms with Gasteiger partial charge in [-0.3, -0.25) is 4.79 Å². The van der Waals surface area contributed by atoms with Crippen LogP contribution in [0.5, 0.6) is 0 Å². The maximum atomic E-state index is 11.8. The number of allylic oxidation sites excluding steroid dienone is 2. The van der Waals surface area contributed by atoms with Crippen LogP contribution in [-0.4, -0.2) is 17.4 Å². The van der Waals surface area contributed by atoms with Gasteiger partial charge in [0.1, 0.15) is 5.69 Å². The van der Waals surface area contributed by atoms with Crippen molar-refractivity contribution in [1.82, 2.24) is 10.3 Å². The average Bonchev–Trinajstić information content (AvgIpc) is 3.04. The van der Waals surface area contributed by atoms with E-state index < -0.39 is 0 Å². The van der Waals surface area contributed by atoms with E-state index in [4.69, 9.17) is 11.6 Å². The van der Waals surface area contributed by atoms with Crippen molar-refractivity contribution >= 4 is 17.5 Å². The lowest BCUT2D eigenvalue weighted by Gasteiger charge is -2.17. The fourth-order valence-corrected chi connectivity index (χ4v) is 3.36. The van der Waals surface area contributed by atoms with E-state index in [0.29, 0.717) is 10.7 Å². The Balaban J connectivity index is 1.45. The molecule has 96 valence electrons. The van der Waals surface area contributed by atoms with E-state index >= 15 is 0 Å². The predicted octanol–water partition coefficient (Wildman–Crippen LogP) is 3.00. The highest BCUT2D eigenvalue weighted by atomic mass is 35.5. The molecule has 3 rings (SSSR count). The van der Waals surface area contributed by atoms with Gasteiger partial charge in [0, 0.05) is 12.7 Å². The Morgan fingerprint density at radius 2 is 2.33 bits per heavy atom. The minimum Gasteiger partial charge on any atom is -0.356 e. The van der Waals surface area contributed by atoms with E-state index in [0.717, 1.165) is 30.7 Å².